The Morgan fingerprint density at radius 3 is 2.58 bits per heavy atom. The zero-order valence-electron chi connectivity index (χ0n) is 14.0. The van der Waals surface area contributed by atoms with E-state index in [-0.39, 0.29) is 5.56 Å². The van der Waals surface area contributed by atoms with Crippen molar-refractivity contribution in [3.63, 3.8) is 0 Å². The van der Waals surface area contributed by atoms with Crippen LogP contribution in [0.15, 0.2) is 84.0 Å². The SMILES string of the molecule is O=C(O)c1cccc(N/N=C/c2ccccc2OCc2ccccc2)c1. The average Bonchev–Trinajstić information content (AvgIpc) is 2.68. The van der Waals surface area contributed by atoms with Gasteiger partial charge in [-0.2, -0.15) is 5.10 Å². The molecule has 0 fully saturated rings. The van der Waals surface area contributed by atoms with Crippen molar-refractivity contribution in [1.82, 2.24) is 0 Å². The lowest BCUT2D eigenvalue weighted by atomic mass is 10.2. The number of carbonyl (C=O) groups is 1. The lowest BCUT2D eigenvalue weighted by Crippen LogP contribution is -1.99. The standard InChI is InChI=1S/C21H18N2O3/c24-21(25)17-10-6-11-19(13-17)23-22-14-18-9-4-5-12-20(18)26-15-16-7-2-1-3-8-16/h1-14,23H,15H2,(H,24,25)/b22-14+. The molecule has 5 nitrogen and oxygen atoms in total. The molecule has 0 heterocycles. The number of hydrogen-bond acceptors (Lipinski definition) is 4. The van der Waals surface area contributed by atoms with E-state index >= 15 is 0 Å². The zero-order valence-corrected chi connectivity index (χ0v) is 14.0. The van der Waals surface area contributed by atoms with Crippen molar-refractivity contribution < 1.29 is 14.6 Å². The van der Waals surface area contributed by atoms with Crippen molar-refractivity contribution in [1.29, 1.82) is 0 Å². The van der Waals surface area contributed by atoms with E-state index in [0.29, 0.717) is 12.3 Å². The van der Waals surface area contributed by atoms with Gasteiger partial charge in [-0.05, 0) is 35.9 Å². The maximum atomic E-state index is 11.0. The number of carboxylic acids is 1. The first-order chi connectivity index (χ1) is 12.7. The van der Waals surface area contributed by atoms with Gasteiger partial charge in [-0.25, -0.2) is 4.79 Å². The Morgan fingerprint density at radius 1 is 1.00 bits per heavy atom. The summed E-state index contributed by atoms with van der Waals surface area (Å²) in [5.41, 5.74) is 5.56. The zero-order chi connectivity index (χ0) is 18.2. The van der Waals surface area contributed by atoms with Crippen LogP contribution < -0.4 is 10.2 Å². The Morgan fingerprint density at radius 2 is 1.77 bits per heavy atom. The van der Waals surface area contributed by atoms with Gasteiger partial charge in [0, 0.05) is 5.56 Å². The van der Waals surface area contributed by atoms with Crippen LogP contribution in [0.4, 0.5) is 5.69 Å². The fourth-order valence-electron chi connectivity index (χ4n) is 2.35. The first-order valence-electron chi connectivity index (χ1n) is 8.10. The number of para-hydroxylation sites is 1. The third-order valence-corrected chi connectivity index (χ3v) is 3.66. The van der Waals surface area contributed by atoms with E-state index in [2.05, 4.69) is 10.5 Å². The summed E-state index contributed by atoms with van der Waals surface area (Å²) in [6, 6.07) is 24.0. The van der Waals surface area contributed by atoms with Crippen molar-refractivity contribution in [2.75, 3.05) is 5.43 Å². The Kier molecular flexibility index (Phi) is 5.62. The normalized spacial score (nSPS) is 10.6. The van der Waals surface area contributed by atoms with E-state index < -0.39 is 5.97 Å². The number of anilines is 1. The van der Waals surface area contributed by atoms with Gasteiger partial charge in [-0.15, -0.1) is 0 Å². The van der Waals surface area contributed by atoms with Crippen LogP contribution in [-0.2, 0) is 6.61 Å². The number of ether oxygens (including phenoxy) is 1. The second-order valence-corrected chi connectivity index (χ2v) is 5.57. The molecule has 5 heteroatoms. The monoisotopic (exact) mass is 346 g/mol. The summed E-state index contributed by atoms with van der Waals surface area (Å²) < 4.78 is 5.88. The van der Waals surface area contributed by atoms with Crippen LogP contribution in [0.3, 0.4) is 0 Å². The number of nitrogens with one attached hydrogen (secondary N) is 1. The minimum absolute atomic E-state index is 0.205. The van der Waals surface area contributed by atoms with E-state index in [9.17, 15) is 4.79 Å². The van der Waals surface area contributed by atoms with E-state index in [4.69, 9.17) is 9.84 Å². The molecule has 0 unspecified atom stereocenters. The van der Waals surface area contributed by atoms with E-state index in [1.54, 1.807) is 18.3 Å². The number of nitrogens with zero attached hydrogens (tertiary/aromatic N) is 1. The Labute approximate surface area is 151 Å². The number of hydrogen-bond donors (Lipinski definition) is 2. The van der Waals surface area contributed by atoms with Crippen molar-refractivity contribution in [2.24, 2.45) is 5.10 Å². The molecule has 130 valence electrons. The highest BCUT2D eigenvalue weighted by Crippen LogP contribution is 2.18. The molecule has 26 heavy (non-hydrogen) atoms. The van der Waals surface area contributed by atoms with E-state index in [1.807, 2.05) is 54.6 Å². The molecule has 0 spiro atoms. The third-order valence-electron chi connectivity index (χ3n) is 3.66. The summed E-state index contributed by atoms with van der Waals surface area (Å²) in [5, 5.41) is 13.2. The van der Waals surface area contributed by atoms with Gasteiger partial charge >= 0.3 is 5.97 Å². The minimum atomic E-state index is -0.975. The first kappa shape index (κ1) is 17.2. The summed E-state index contributed by atoms with van der Waals surface area (Å²) in [5.74, 6) is -0.251. The van der Waals surface area contributed by atoms with Crippen molar-refractivity contribution in [3.8, 4) is 5.75 Å². The average molecular weight is 346 g/mol. The molecule has 0 aliphatic heterocycles. The lowest BCUT2D eigenvalue weighted by molar-refractivity contribution is 0.0697. The van der Waals surface area contributed by atoms with Crippen molar-refractivity contribution >= 4 is 17.9 Å². The molecular formula is C21H18N2O3. The van der Waals surface area contributed by atoms with Gasteiger partial charge in [0.2, 0.25) is 0 Å². The van der Waals surface area contributed by atoms with Crippen molar-refractivity contribution in [3.05, 3.63) is 95.6 Å². The maximum absolute atomic E-state index is 11.0. The number of aromatic carboxylic acids is 1. The van der Waals surface area contributed by atoms with Crippen LogP contribution in [0.1, 0.15) is 21.5 Å². The van der Waals surface area contributed by atoms with Crippen molar-refractivity contribution in [2.45, 2.75) is 6.61 Å². The topological polar surface area (TPSA) is 70.9 Å². The molecule has 0 aliphatic carbocycles. The van der Waals surface area contributed by atoms with Crippen LogP contribution in [0.2, 0.25) is 0 Å². The fraction of sp³-hybridized carbons (Fsp3) is 0.0476. The molecule has 0 amide bonds. The summed E-state index contributed by atoms with van der Waals surface area (Å²) in [6.07, 6.45) is 1.65. The molecule has 0 radical (unpaired) electrons. The van der Waals surface area contributed by atoms with Crippen LogP contribution in [-0.4, -0.2) is 17.3 Å². The molecule has 3 aromatic carbocycles. The summed E-state index contributed by atoms with van der Waals surface area (Å²) >= 11 is 0. The highest BCUT2D eigenvalue weighted by atomic mass is 16.5. The van der Waals surface area contributed by atoms with Gasteiger partial charge < -0.3 is 9.84 Å². The molecule has 3 rings (SSSR count). The molecule has 0 saturated carbocycles. The molecule has 0 saturated heterocycles. The van der Waals surface area contributed by atoms with Gasteiger partial charge in [0.05, 0.1) is 17.5 Å². The minimum Gasteiger partial charge on any atom is -0.488 e. The predicted octanol–water partition coefficient (Wildman–Crippen LogP) is 4.41. The second-order valence-electron chi connectivity index (χ2n) is 5.57. The predicted molar refractivity (Wildman–Crippen MR) is 102 cm³/mol. The van der Waals surface area contributed by atoms with Gasteiger partial charge in [0.25, 0.3) is 0 Å². The van der Waals surface area contributed by atoms with Crippen LogP contribution in [0, 0.1) is 0 Å². The first-order valence-corrected chi connectivity index (χ1v) is 8.10. The summed E-state index contributed by atoms with van der Waals surface area (Å²) in [7, 11) is 0. The van der Waals surface area contributed by atoms with Crippen LogP contribution in [0.5, 0.6) is 5.75 Å². The smallest absolute Gasteiger partial charge is 0.335 e. The third kappa shape index (κ3) is 4.70. The number of hydrazone groups is 1. The van der Waals surface area contributed by atoms with Crippen LogP contribution >= 0.6 is 0 Å². The van der Waals surface area contributed by atoms with Gasteiger partial charge in [-0.3, -0.25) is 5.43 Å². The summed E-state index contributed by atoms with van der Waals surface area (Å²) in [4.78, 5) is 11.0. The second kappa shape index (κ2) is 8.48. The van der Waals surface area contributed by atoms with E-state index in [0.717, 1.165) is 16.9 Å². The molecular weight excluding hydrogens is 328 g/mol. The Balaban J connectivity index is 1.67. The Bertz CT molecular complexity index is 908. The molecule has 3 aromatic rings. The highest BCUT2D eigenvalue weighted by Gasteiger charge is 2.03. The molecule has 0 aromatic heterocycles. The largest absolute Gasteiger partial charge is 0.488 e. The van der Waals surface area contributed by atoms with Gasteiger partial charge in [-0.1, -0.05) is 48.5 Å². The molecule has 2 N–H and O–H groups in total. The fourth-order valence-corrected chi connectivity index (χ4v) is 2.35. The molecule has 0 aliphatic rings. The number of benzene rings is 3. The quantitative estimate of drug-likeness (QED) is 0.491. The van der Waals surface area contributed by atoms with E-state index in [1.165, 1.54) is 12.1 Å². The number of carboxylic acid groups (broad SMARTS) is 1. The van der Waals surface area contributed by atoms with Gasteiger partial charge in [0.1, 0.15) is 12.4 Å². The summed E-state index contributed by atoms with van der Waals surface area (Å²) in [6.45, 7) is 0.472. The molecule has 0 atom stereocenters. The molecule has 0 bridgehead atoms. The lowest BCUT2D eigenvalue weighted by Gasteiger charge is -2.09. The highest BCUT2D eigenvalue weighted by molar-refractivity contribution is 5.89. The Hall–Kier alpha value is -3.60. The van der Waals surface area contributed by atoms with Crippen LogP contribution in [0.25, 0.3) is 0 Å². The number of rotatable bonds is 7. The van der Waals surface area contributed by atoms with Gasteiger partial charge in [0.15, 0.2) is 0 Å². The maximum Gasteiger partial charge on any atom is 0.335 e.